The van der Waals surface area contributed by atoms with Gasteiger partial charge in [-0.3, -0.25) is 4.99 Å². The number of nitrogens with two attached hydrogens (primary N) is 1. The monoisotopic (exact) mass is 324 g/mol. The van der Waals surface area contributed by atoms with Crippen molar-refractivity contribution in [3.05, 3.63) is 47.4 Å². The van der Waals surface area contributed by atoms with Gasteiger partial charge in [0.15, 0.2) is 17.8 Å². The first kappa shape index (κ1) is 17.2. The Morgan fingerprint density at radius 3 is 2.87 bits per heavy atom. The summed E-state index contributed by atoms with van der Waals surface area (Å²) >= 11 is 0. The number of rotatable bonds is 7. The van der Waals surface area contributed by atoms with Crippen molar-refractivity contribution < 1.29 is 13.2 Å². The van der Waals surface area contributed by atoms with E-state index in [0.717, 1.165) is 18.1 Å². The molecule has 0 aromatic carbocycles. The van der Waals surface area contributed by atoms with Crippen molar-refractivity contribution in [3.63, 3.8) is 0 Å². The van der Waals surface area contributed by atoms with Crippen LogP contribution in [0.15, 0.2) is 57.5 Å². The Kier molecular flexibility index (Phi) is 5.90. The minimum absolute atomic E-state index is 0.00647. The molecule has 1 saturated carbocycles. The van der Waals surface area contributed by atoms with Crippen LogP contribution in [0.3, 0.4) is 0 Å². The van der Waals surface area contributed by atoms with Crippen LogP contribution in [0, 0.1) is 17.4 Å². The van der Waals surface area contributed by atoms with Crippen molar-refractivity contribution in [2.24, 2.45) is 27.7 Å². The zero-order valence-corrected chi connectivity index (χ0v) is 12.6. The zero-order valence-electron chi connectivity index (χ0n) is 12.6. The van der Waals surface area contributed by atoms with Crippen molar-refractivity contribution in [2.45, 2.75) is 25.4 Å². The maximum Gasteiger partial charge on any atom is 0.170 e. The molecular weight excluding hydrogens is 305 g/mol. The van der Waals surface area contributed by atoms with Crippen molar-refractivity contribution in [3.8, 4) is 0 Å². The lowest BCUT2D eigenvalue weighted by atomic mass is 9.95. The van der Waals surface area contributed by atoms with Gasteiger partial charge in [0.05, 0.1) is 0 Å². The van der Waals surface area contributed by atoms with Gasteiger partial charge >= 0.3 is 0 Å². The van der Waals surface area contributed by atoms with Crippen LogP contribution in [-0.2, 0) is 0 Å². The molecule has 0 aromatic rings. The van der Waals surface area contributed by atoms with Gasteiger partial charge in [0.1, 0.15) is 0 Å². The van der Waals surface area contributed by atoms with Crippen LogP contribution >= 0.6 is 0 Å². The van der Waals surface area contributed by atoms with E-state index in [9.17, 15) is 13.2 Å². The maximum atomic E-state index is 13.5. The van der Waals surface area contributed by atoms with E-state index >= 15 is 0 Å². The zero-order chi connectivity index (χ0) is 16.8. The SMILES string of the molecule is N=N/C=C(\CCN=C/C=C\N)C1CC1C1=CC(F)=C(F)C(F)C1. The summed E-state index contributed by atoms with van der Waals surface area (Å²) in [7, 11) is 0. The molecule has 124 valence electrons. The van der Waals surface area contributed by atoms with Gasteiger partial charge in [-0.25, -0.2) is 18.7 Å². The quantitative estimate of drug-likeness (QED) is 0.532. The molecule has 0 heterocycles. The molecule has 0 amide bonds. The summed E-state index contributed by atoms with van der Waals surface area (Å²) in [5, 5.41) is 3.30. The van der Waals surface area contributed by atoms with Crippen LogP contribution in [0.1, 0.15) is 19.3 Å². The largest absolute Gasteiger partial charge is 0.405 e. The molecule has 0 aromatic heterocycles. The molecule has 23 heavy (non-hydrogen) atoms. The minimum Gasteiger partial charge on any atom is -0.405 e. The van der Waals surface area contributed by atoms with Gasteiger partial charge in [-0.1, -0.05) is 5.57 Å². The Morgan fingerprint density at radius 2 is 2.22 bits per heavy atom. The average molecular weight is 324 g/mol. The summed E-state index contributed by atoms with van der Waals surface area (Å²) in [5.74, 6) is -2.34. The minimum atomic E-state index is -1.89. The molecule has 3 unspecified atom stereocenters. The second kappa shape index (κ2) is 7.89. The van der Waals surface area contributed by atoms with E-state index in [4.69, 9.17) is 11.3 Å². The highest BCUT2D eigenvalue weighted by atomic mass is 19.2. The number of halogens is 3. The van der Waals surface area contributed by atoms with E-state index < -0.39 is 17.8 Å². The molecule has 3 N–H and O–H groups in total. The number of aliphatic imine (C=N–C) groups is 1. The Hall–Kier alpha value is -2.18. The van der Waals surface area contributed by atoms with Crippen molar-refractivity contribution >= 4 is 6.21 Å². The first-order valence-corrected chi connectivity index (χ1v) is 7.40. The number of nitrogens with one attached hydrogen (secondary N) is 1. The number of hydrogen-bond donors (Lipinski definition) is 2. The standard InChI is InChI=1S/C16H19F3N4/c17-14-6-11(7-15(18)16(14)19)13-8-12(13)10(9-23-21)2-5-22-4-1-3-20/h1,3-4,6,9,12-13,15,21H,2,5,7-8,20H2/b3-1-,10-9+,22-4?,23-21?. The molecule has 1 fully saturated rings. The molecule has 3 atom stereocenters. The van der Waals surface area contributed by atoms with Gasteiger partial charge < -0.3 is 5.73 Å². The third-order valence-corrected chi connectivity index (χ3v) is 4.04. The number of hydrogen-bond acceptors (Lipinski definition) is 4. The summed E-state index contributed by atoms with van der Waals surface area (Å²) in [4.78, 5) is 4.14. The Balaban J connectivity index is 1.98. The number of allylic oxidation sites excluding steroid dienone is 5. The topological polar surface area (TPSA) is 74.6 Å². The van der Waals surface area contributed by atoms with Crippen LogP contribution < -0.4 is 5.73 Å². The lowest BCUT2D eigenvalue weighted by molar-refractivity contribution is 0.302. The van der Waals surface area contributed by atoms with Gasteiger partial charge in [-0.2, -0.15) is 5.11 Å². The molecule has 0 saturated heterocycles. The fourth-order valence-electron chi connectivity index (χ4n) is 2.82. The molecule has 2 aliphatic carbocycles. The lowest BCUT2D eigenvalue weighted by Gasteiger charge is -2.15. The highest BCUT2D eigenvalue weighted by Gasteiger charge is 2.44. The smallest absolute Gasteiger partial charge is 0.170 e. The summed E-state index contributed by atoms with van der Waals surface area (Å²) in [6, 6.07) is 0. The maximum absolute atomic E-state index is 13.5. The third kappa shape index (κ3) is 4.40. The van der Waals surface area contributed by atoms with Crippen molar-refractivity contribution in [1.29, 1.82) is 5.53 Å². The molecule has 0 bridgehead atoms. The summed E-state index contributed by atoms with van der Waals surface area (Å²) in [6.45, 7) is 0.516. The van der Waals surface area contributed by atoms with Gasteiger partial charge in [0.2, 0.25) is 0 Å². The predicted molar refractivity (Wildman–Crippen MR) is 83.0 cm³/mol. The van der Waals surface area contributed by atoms with Crippen LogP contribution in [0.2, 0.25) is 0 Å². The Labute approximate surface area is 132 Å². The second-order valence-corrected chi connectivity index (χ2v) is 5.56. The van der Waals surface area contributed by atoms with E-state index in [0.29, 0.717) is 18.5 Å². The summed E-state index contributed by atoms with van der Waals surface area (Å²) < 4.78 is 39.9. The van der Waals surface area contributed by atoms with Gasteiger partial charge in [0.25, 0.3) is 0 Å². The Morgan fingerprint density at radius 1 is 1.43 bits per heavy atom. The molecule has 0 spiro atoms. The molecular formula is C16H19F3N4. The van der Waals surface area contributed by atoms with Gasteiger partial charge in [0, 0.05) is 25.4 Å². The van der Waals surface area contributed by atoms with Crippen LogP contribution in [-0.4, -0.2) is 18.9 Å². The molecule has 2 rings (SSSR count). The molecule has 7 heteroatoms. The average Bonchev–Trinajstić information content (AvgIpc) is 3.31. The van der Waals surface area contributed by atoms with Crippen LogP contribution in [0.25, 0.3) is 0 Å². The fourth-order valence-corrected chi connectivity index (χ4v) is 2.82. The van der Waals surface area contributed by atoms with E-state index in [1.807, 2.05) is 0 Å². The van der Waals surface area contributed by atoms with Crippen molar-refractivity contribution in [2.75, 3.05) is 6.54 Å². The Bertz CT molecular complexity index is 604. The highest BCUT2D eigenvalue weighted by molar-refractivity contribution is 5.70. The number of nitrogens with zero attached hydrogens (tertiary/aromatic N) is 2. The van der Waals surface area contributed by atoms with E-state index in [1.54, 1.807) is 12.3 Å². The summed E-state index contributed by atoms with van der Waals surface area (Å²) in [6.07, 6.45) is 6.48. The van der Waals surface area contributed by atoms with Crippen LogP contribution in [0.4, 0.5) is 13.2 Å². The van der Waals surface area contributed by atoms with Gasteiger partial charge in [-0.05, 0) is 48.6 Å². The van der Waals surface area contributed by atoms with E-state index in [1.165, 1.54) is 12.4 Å². The van der Waals surface area contributed by atoms with Gasteiger partial charge in [-0.15, -0.1) is 0 Å². The third-order valence-electron chi connectivity index (χ3n) is 4.04. The number of alkyl halides is 1. The van der Waals surface area contributed by atoms with Crippen molar-refractivity contribution in [1.82, 2.24) is 0 Å². The second-order valence-electron chi connectivity index (χ2n) is 5.56. The van der Waals surface area contributed by atoms with Crippen LogP contribution in [0.5, 0.6) is 0 Å². The van der Waals surface area contributed by atoms with E-state index in [2.05, 4.69) is 10.1 Å². The fraction of sp³-hybridized carbons (Fsp3) is 0.438. The molecule has 4 nitrogen and oxygen atoms in total. The molecule has 2 aliphatic rings. The van der Waals surface area contributed by atoms with E-state index in [-0.39, 0.29) is 18.3 Å². The first-order chi connectivity index (χ1) is 11.1. The normalized spacial score (nSPS) is 28.6. The summed E-state index contributed by atoms with van der Waals surface area (Å²) in [5.41, 5.74) is 13.7. The molecule has 0 radical (unpaired) electrons. The molecule has 0 aliphatic heterocycles. The lowest BCUT2D eigenvalue weighted by Crippen LogP contribution is -2.10. The first-order valence-electron chi connectivity index (χ1n) is 7.40. The predicted octanol–water partition coefficient (Wildman–Crippen LogP) is 4.29. The highest BCUT2D eigenvalue weighted by Crippen LogP contribution is 2.52.